The van der Waals surface area contributed by atoms with Crippen molar-refractivity contribution in [3.63, 3.8) is 0 Å². The predicted octanol–water partition coefficient (Wildman–Crippen LogP) is -0.0200. The summed E-state index contributed by atoms with van der Waals surface area (Å²) in [6, 6.07) is 0. The van der Waals surface area contributed by atoms with Crippen molar-refractivity contribution < 1.29 is 51.4 Å². The highest BCUT2D eigenvalue weighted by Gasteiger charge is 2.38. The van der Waals surface area contributed by atoms with Crippen LogP contribution < -0.4 is 5.73 Å². The summed E-state index contributed by atoms with van der Waals surface area (Å²) in [7, 11) is -15.8. The monoisotopic (exact) mass is 448 g/mol. The van der Waals surface area contributed by atoms with Gasteiger partial charge in [-0.25, -0.2) is 23.1 Å². The number of aromatic nitrogens is 3. The van der Waals surface area contributed by atoms with Gasteiger partial charge in [-0.05, 0) is 18.9 Å². The second kappa shape index (κ2) is 8.02. The van der Waals surface area contributed by atoms with Crippen LogP contribution in [0, 0.1) is 0 Å². The Hall–Kier alpha value is -1.24. The van der Waals surface area contributed by atoms with Gasteiger partial charge in [-0.15, -0.1) is 5.10 Å². The van der Waals surface area contributed by atoms with Crippen LogP contribution in [0.3, 0.4) is 0 Å². The fourth-order valence-electron chi connectivity index (χ4n) is 2.04. The van der Waals surface area contributed by atoms with E-state index < -0.39 is 41.5 Å². The molecule has 0 bridgehead atoms. The number of amides is 1. The molecule has 0 saturated carbocycles. The Kier molecular flexibility index (Phi) is 6.55. The molecular weight excluding hydrogens is 433 g/mol. The summed E-state index contributed by atoms with van der Waals surface area (Å²) in [5.74, 6) is -0.524. The zero-order valence-corrected chi connectivity index (χ0v) is 15.9. The number of carbonyl (C=O) groups is 1. The van der Waals surface area contributed by atoms with Crippen molar-refractivity contribution in [3.05, 3.63) is 24.0 Å². The highest BCUT2D eigenvalue weighted by molar-refractivity contribution is 7.69. The maximum absolute atomic E-state index is 11.7. The molecule has 27 heavy (non-hydrogen) atoms. The van der Waals surface area contributed by atoms with Crippen LogP contribution in [0.25, 0.3) is 0 Å². The lowest BCUT2D eigenvalue weighted by Gasteiger charge is -2.15. The van der Waals surface area contributed by atoms with Gasteiger partial charge < -0.3 is 30.0 Å². The van der Waals surface area contributed by atoms with Gasteiger partial charge in [0, 0.05) is 5.82 Å². The van der Waals surface area contributed by atoms with Crippen molar-refractivity contribution in [2.75, 3.05) is 0 Å². The molecule has 1 saturated heterocycles. The Morgan fingerprint density at radius 1 is 1.26 bits per heavy atom. The van der Waals surface area contributed by atoms with E-state index >= 15 is 0 Å². The molecule has 1 amide bonds. The number of nitrogens with two attached hydrogens (primary N) is 1. The van der Waals surface area contributed by atoms with Crippen molar-refractivity contribution in [1.29, 1.82) is 0 Å². The molecule has 15 nitrogen and oxygen atoms in total. The Morgan fingerprint density at radius 2 is 1.93 bits per heavy atom. The molecule has 18 heteroatoms. The highest BCUT2D eigenvalue weighted by Crippen LogP contribution is 2.66. The average molecular weight is 448 g/mol. The van der Waals surface area contributed by atoms with Crippen molar-refractivity contribution in [1.82, 2.24) is 14.8 Å². The number of nitrogens with zero attached hydrogens (tertiary/aromatic N) is 3. The number of phosphoric acid groups is 2. The third kappa shape index (κ3) is 7.01. The van der Waals surface area contributed by atoms with Crippen LogP contribution in [0.1, 0.15) is 29.7 Å². The van der Waals surface area contributed by atoms with Gasteiger partial charge in [-0.1, -0.05) is 0 Å². The second-order valence-electron chi connectivity index (χ2n) is 5.15. The summed E-state index contributed by atoms with van der Waals surface area (Å²) >= 11 is 0. The lowest BCUT2D eigenvalue weighted by atomic mass is 10.2. The van der Waals surface area contributed by atoms with Gasteiger partial charge >= 0.3 is 23.2 Å². The smallest absolute Gasteiger partial charge is 0.363 e. The Balaban J connectivity index is 1.97. The van der Waals surface area contributed by atoms with E-state index in [1.807, 2.05) is 0 Å². The molecule has 6 N–H and O–H groups in total. The van der Waals surface area contributed by atoms with Gasteiger partial charge in [0.2, 0.25) is 5.82 Å². The third-order valence-corrected chi connectivity index (χ3v) is 6.96. The molecule has 0 radical (unpaired) electrons. The van der Waals surface area contributed by atoms with E-state index in [4.69, 9.17) is 25.2 Å². The molecule has 2 unspecified atom stereocenters. The quantitative estimate of drug-likeness (QED) is 0.329. The molecule has 0 spiro atoms. The molecule has 0 aliphatic carbocycles. The molecule has 152 valence electrons. The van der Waals surface area contributed by atoms with Gasteiger partial charge in [0.1, 0.15) is 6.33 Å². The fourth-order valence-corrected chi connectivity index (χ4v) is 5.31. The third-order valence-electron chi connectivity index (χ3n) is 2.97. The van der Waals surface area contributed by atoms with Gasteiger partial charge in [0.05, 0.1) is 6.10 Å². The van der Waals surface area contributed by atoms with E-state index in [2.05, 4.69) is 18.7 Å². The molecule has 2 rings (SSSR count). The van der Waals surface area contributed by atoms with Crippen LogP contribution >= 0.6 is 23.2 Å². The van der Waals surface area contributed by atoms with Crippen LogP contribution in [0.2, 0.25) is 0 Å². The SMILES string of the molecule is NC(=O)c1ncn([C@H]2CC[C@@H](/C=C/P(=O)(O)OP(=O)(O)OP(=O)(O)O)O2)n1. The standard InChI is InChI=1S/C9H15N4O11P3/c10-8(14)9-11-5-13(12-9)7-2-1-6(22-7)3-4-25(15,16)23-27(20,21)24-26(17,18)19/h3-7H,1-2H2,(H2,10,14)(H,15,16)(H,20,21)(H2,17,18,19)/b4-3+/t6-,7+/m0/s1. The number of carbonyl (C=O) groups excluding carboxylic acids is 1. The largest absolute Gasteiger partial charge is 0.488 e. The minimum Gasteiger partial charge on any atom is -0.363 e. The number of ether oxygens (including phenoxy) is 1. The molecule has 2 heterocycles. The summed E-state index contributed by atoms with van der Waals surface area (Å²) < 4.78 is 47.6. The second-order valence-corrected chi connectivity index (χ2v) is 9.80. The number of rotatable bonds is 8. The maximum atomic E-state index is 11.7. The van der Waals surface area contributed by atoms with Gasteiger partial charge in [0.15, 0.2) is 6.23 Å². The van der Waals surface area contributed by atoms with Crippen molar-refractivity contribution in [2.24, 2.45) is 5.73 Å². The van der Waals surface area contributed by atoms with Crippen molar-refractivity contribution in [2.45, 2.75) is 25.2 Å². The first-order valence-electron chi connectivity index (χ1n) is 6.96. The minimum absolute atomic E-state index is 0.213. The Morgan fingerprint density at radius 3 is 2.48 bits per heavy atom. The molecule has 0 aromatic carbocycles. The lowest BCUT2D eigenvalue weighted by molar-refractivity contribution is 0.0149. The first-order chi connectivity index (χ1) is 12.3. The summed E-state index contributed by atoms with van der Waals surface area (Å²) in [5.41, 5.74) is 5.03. The molecule has 1 fully saturated rings. The van der Waals surface area contributed by atoms with Crippen LogP contribution in [-0.2, 0) is 27.1 Å². The summed E-state index contributed by atoms with van der Waals surface area (Å²) in [4.78, 5) is 50.1. The first-order valence-corrected chi connectivity index (χ1v) is 11.6. The van der Waals surface area contributed by atoms with Crippen LogP contribution in [0.5, 0.6) is 0 Å². The molecular formula is C9H15N4O11P3. The lowest BCUT2D eigenvalue weighted by Crippen LogP contribution is -2.15. The Bertz CT molecular complexity index is 878. The molecule has 1 aliphatic heterocycles. The van der Waals surface area contributed by atoms with Crippen molar-refractivity contribution >= 4 is 29.1 Å². The van der Waals surface area contributed by atoms with Gasteiger partial charge in [0.25, 0.3) is 5.91 Å². The van der Waals surface area contributed by atoms with Crippen LogP contribution in [0.4, 0.5) is 0 Å². The van der Waals surface area contributed by atoms with E-state index in [9.17, 15) is 23.4 Å². The average Bonchev–Trinajstić information content (AvgIpc) is 3.10. The van der Waals surface area contributed by atoms with E-state index in [-0.39, 0.29) is 5.82 Å². The topological polar surface area (TPSA) is 234 Å². The van der Waals surface area contributed by atoms with Crippen LogP contribution in [0.15, 0.2) is 18.2 Å². The Labute approximate surface area is 151 Å². The van der Waals surface area contributed by atoms with E-state index in [0.717, 1.165) is 6.08 Å². The molecule has 1 aromatic rings. The molecule has 4 atom stereocenters. The number of hydrogen-bond donors (Lipinski definition) is 5. The fraction of sp³-hybridized carbons (Fsp3) is 0.444. The van der Waals surface area contributed by atoms with Crippen molar-refractivity contribution in [3.8, 4) is 0 Å². The van der Waals surface area contributed by atoms with E-state index in [1.165, 1.54) is 11.0 Å². The molecule has 1 aromatic heterocycles. The zero-order valence-electron chi connectivity index (χ0n) is 13.2. The number of hydrogen-bond acceptors (Lipinski definition) is 9. The van der Waals surface area contributed by atoms with E-state index in [0.29, 0.717) is 18.7 Å². The van der Waals surface area contributed by atoms with E-state index in [1.54, 1.807) is 0 Å². The van der Waals surface area contributed by atoms with Crippen LogP contribution in [-0.4, -0.2) is 46.3 Å². The maximum Gasteiger partial charge on any atom is 0.488 e. The van der Waals surface area contributed by atoms with Gasteiger partial charge in [-0.3, -0.25) is 9.36 Å². The summed E-state index contributed by atoms with van der Waals surface area (Å²) in [6.07, 6.45) is 1.67. The summed E-state index contributed by atoms with van der Waals surface area (Å²) in [6.45, 7) is 0. The zero-order chi connectivity index (χ0) is 20.5. The first kappa shape index (κ1) is 22.1. The minimum atomic E-state index is -5.50. The van der Waals surface area contributed by atoms with Gasteiger partial charge in [-0.2, -0.15) is 4.31 Å². The highest BCUT2D eigenvalue weighted by atomic mass is 31.3. The summed E-state index contributed by atoms with van der Waals surface area (Å²) in [5, 5.41) is 3.81. The normalized spacial score (nSPS) is 25.3. The molecule has 1 aliphatic rings. The predicted molar refractivity (Wildman–Crippen MR) is 84.7 cm³/mol. The number of primary amides is 1.